The van der Waals surface area contributed by atoms with Gasteiger partial charge in [0.2, 0.25) is 0 Å². The van der Waals surface area contributed by atoms with Crippen LogP contribution in [-0.4, -0.2) is 12.6 Å². The number of benzene rings is 1. The van der Waals surface area contributed by atoms with E-state index in [2.05, 4.69) is 5.32 Å². The summed E-state index contributed by atoms with van der Waals surface area (Å²) in [6.07, 6.45) is 2.04. The molecule has 0 fully saturated rings. The van der Waals surface area contributed by atoms with Crippen LogP contribution in [0.5, 0.6) is 0 Å². The summed E-state index contributed by atoms with van der Waals surface area (Å²) < 4.78 is 12.9. The van der Waals surface area contributed by atoms with Gasteiger partial charge in [-0.15, -0.1) is 0 Å². The lowest BCUT2D eigenvalue weighted by atomic mass is 10.2. The highest BCUT2D eigenvalue weighted by molar-refractivity contribution is 5.45. The zero-order valence-corrected chi connectivity index (χ0v) is 9.39. The normalized spacial score (nSPS) is 12.5. The molecule has 1 aromatic rings. The molecule has 0 amide bonds. The van der Waals surface area contributed by atoms with Crippen molar-refractivity contribution >= 4 is 5.69 Å². The molecule has 0 spiro atoms. The molecule has 0 aliphatic rings. The molecule has 0 aliphatic carbocycles. The number of anilines is 1. The van der Waals surface area contributed by atoms with Crippen LogP contribution >= 0.6 is 0 Å². The number of halogens is 1. The van der Waals surface area contributed by atoms with Crippen molar-refractivity contribution in [1.82, 2.24) is 0 Å². The van der Waals surface area contributed by atoms with Gasteiger partial charge in [-0.05, 0) is 50.5 Å². The van der Waals surface area contributed by atoms with Crippen molar-refractivity contribution in [1.29, 1.82) is 0 Å². The molecule has 0 aliphatic heterocycles. The van der Waals surface area contributed by atoms with Crippen LogP contribution in [0.15, 0.2) is 18.2 Å². The van der Waals surface area contributed by atoms with Gasteiger partial charge in [-0.3, -0.25) is 0 Å². The summed E-state index contributed by atoms with van der Waals surface area (Å²) in [6.45, 7) is 4.65. The van der Waals surface area contributed by atoms with Crippen LogP contribution in [0.1, 0.15) is 25.3 Å². The molecule has 0 radical (unpaired) electrons. The summed E-state index contributed by atoms with van der Waals surface area (Å²) in [5.41, 5.74) is 7.28. The van der Waals surface area contributed by atoms with Gasteiger partial charge >= 0.3 is 0 Å². The standard InChI is InChI=1S/C12H19FN2/c1-9-8-11(5-6-12(9)13)15-7-3-4-10(2)14/h5-6,8,10,15H,3-4,7,14H2,1-2H3. The fourth-order valence-corrected chi connectivity index (χ4v) is 1.41. The molecule has 0 bridgehead atoms. The average Bonchev–Trinajstić information content (AvgIpc) is 2.18. The minimum Gasteiger partial charge on any atom is -0.385 e. The van der Waals surface area contributed by atoms with E-state index in [4.69, 9.17) is 5.73 Å². The van der Waals surface area contributed by atoms with Crippen molar-refractivity contribution in [2.45, 2.75) is 32.7 Å². The highest BCUT2D eigenvalue weighted by Gasteiger charge is 1.98. The predicted molar refractivity (Wildman–Crippen MR) is 62.5 cm³/mol. The van der Waals surface area contributed by atoms with Crippen LogP contribution in [0.25, 0.3) is 0 Å². The molecule has 84 valence electrons. The van der Waals surface area contributed by atoms with Crippen molar-refractivity contribution < 1.29 is 4.39 Å². The predicted octanol–water partition coefficient (Wildman–Crippen LogP) is 2.67. The minimum absolute atomic E-state index is 0.156. The van der Waals surface area contributed by atoms with Crippen LogP contribution in [0.2, 0.25) is 0 Å². The Bertz CT molecular complexity index is 310. The Kier molecular flexibility index (Phi) is 4.56. The number of nitrogens with one attached hydrogen (secondary N) is 1. The Morgan fingerprint density at radius 2 is 2.20 bits per heavy atom. The molecular formula is C12H19FN2. The Labute approximate surface area is 90.7 Å². The number of nitrogens with two attached hydrogens (primary N) is 1. The minimum atomic E-state index is -0.156. The molecule has 1 atom stereocenters. The van der Waals surface area contributed by atoms with Crippen LogP contribution in [-0.2, 0) is 0 Å². The zero-order chi connectivity index (χ0) is 11.3. The first kappa shape index (κ1) is 12.0. The second-order valence-corrected chi connectivity index (χ2v) is 4.01. The van der Waals surface area contributed by atoms with Crippen molar-refractivity contribution in [3.63, 3.8) is 0 Å². The highest BCUT2D eigenvalue weighted by Crippen LogP contribution is 2.13. The Balaban J connectivity index is 2.35. The molecule has 1 aromatic carbocycles. The molecule has 0 saturated carbocycles. The molecule has 0 heterocycles. The van der Waals surface area contributed by atoms with Gasteiger partial charge in [0.15, 0.2) is 0 Å². The van der Waals surface area contributed by atoms with Gasteiger partial charge < -0.3 is 11.1 Å². The van der Waals surface area contributed by atoms with Gasteiger partial charge in [0.25, 0.3) is 0 Å². The van der Waals surface area contributed by atoms with E-state index in [9.17, 15) is 4.39 Å². The zero-order valence-electron chi connectivity index (χ0n) is 9.39. The first-order valence-electron chi connectivity index (χ1n) is 5.35. The first-order valence-corrected chi connectivity index (χ1v) is 5.35. The van der Waals surface area contributed by atoms with Gasteiger partial charge in [-0.2, -0.15) is 0 Å². The molecule has 0 aromatic heterocycles. The quantitative estimate of drug-likeness (QED) is 0.733. The number of hydrogen-bond donors (Lipinski definition) is 2. The molecule has 3 heteroatoms. The third-order valence-corrected chi connectivity index (χ3v) is 2.32. The molecule has 3 N–H and O–H groups in total. The first-order chi connectivity index (χ1) is 7.09. The van der Waals surface area contributed by atoms with E-state index in [1.54, 1.807) is 13.0 Å². The van der Waals surface area contributed by atoms with E-state index in [-0.39, 0.29) is 11.9 Å². The Morgan fingerprint density at radius 1 is 1.47 bits per heavy atom. The summed E-state index contributed by atoms with van der Waals surface area (Å²) in [7, 11) is 0. The lowest BCUT2D eigenvalue weighted by Gasteiger charge is -2.08. The third kappa shape index (κ3) is 4.30. The van der Waals surface area contributed by atoms with E-state index in [0.29, 0.717) is 5.56 Å². The maximum absolute atomic E-state index is 12.9. The Hall–Kier alpha value is -1.09. The third-order valence-electron chi connectivity index (χ3n) is 2.32. The smallest absolute Gasteiger partial charge is 0.126 e. The van der Waals surface area contributed by atoms with Gasteiger partial charge in [0.05, 0.1) is 0 Å². The van der Waals surface area contributed by atoms with Crippen LogP contribution < -0.4 is 11.1 Å². The summed E-state index contributed by atoms with van der Waals surface area (Å²) in [6, 6.07) is 5.32. The highest BCUT2D eigenvalue weighted by atomic mass is 19.1. The van der Waals surface area contributed by atoms with E-state index in [1.807, 2.05) is 13.0 Å². The summed E-state index contributed by atoms with van der Waals surface area (Å²) in [4.78, 5) is 0. The average molecular weight is 210 g/mol. The molecular weight excluding hydrogens is 191 g/mol. The van der Waals surface area contributed by atoms with E-state index in [1.165, 1.54) is 6.07 Å². The maximum Gasteiger partial charge on any atom is 0.126 e. The summed E-state index contributed by atoms with van der Waals surface area (Å²) in [5, 5.41) is 3.25. The topological polar surface area (TPSA) is 38.0 Å². The van der Waals surface area contributed by atoms with E-state index < -0.39 is 0 Å². The fourth-order valence-electron chi connectivity index (χ4n) is 1.41. The van der Waals surface area contributed by atoms with Crippen molar-refractivity contribution in [3.8, 4) is 0 Å². The molecule has 0 saturated heterocycles. The molecule has 1 rings (SSSR count). The number of aryl methyl sites for hydroxylation is 1. The number of hydrogen-bond acceptors (Lipinski definition) is 2. The van der Waals surface area contributed by atoms with Crippen molar-refractivity contribution in [2.75, 3.05) is 11.9 Å². The van der Waals surface area contributed by atoms with E-state index in [0.717, 1.165) is 25.1 Å². The van der Waals surface area contributed by atoms with Crippen LogP contribution in [0, 0.1) is 12.7 Å². The molecule has 15 heavy (non-hydrogen) atoms. The summed E-state index contributed by atoms with van der Waals surface area (Å²) in [5.74, 6) is -0.156. The Morgan fingerprint density at radius 3 is 2.80 bits per heavy atom. The second-order valence-electron chi connectivity index (χ2n) is 4.01. The van der Waals surface area contributed by atoms with Crippen LogP contribution in [0.4, 0.5) is 10.1 Å². The summed E-state index contributed by atoms with van der Waals surface area (Å²) >= 11 is 0. The fraction of sp³-hybridized carbons (Fsp3) is 0.500. The maximum atomic E-state index is 12.9. The van der Waals surface area contributed by atoms with Gasteiger partial charge in [0.1, 0.15) is 5.82 Å². The molecule has 1 unspecified atom stereocenters. The SMILES string of the molecule is Cc1cc(NCCCC(C)N)ccc1F. The second kappa shape index (κ2) is 5.71. The van der Waals surface area contributed by atoms with Gasteiger partial charge in [-0.1, -0.05) is 0 Å². The molecule has 2 nitrogen and oxygen atoms in total. The monoisotopic (exact) mass is 210 g/mol. The van der Waals surface area contributed by atoms with E-state index >= 15 is 0 Å². The van der Waals surface area contributed by atoms with Crippen molar-refractivity contribution in [2.24, 2.45) is 5.73 Å². The largest absolute Gasteiger partial charge is 0.385 e. The lowest BCUT2D eigenvalue weighted by molar-refractivity contribution is 0.618. The number of rotatable bonds is 5. The van der Waals surface area contributed by atoms with Gasteiger partial charge in [0, 0.05) is 18.3 Å². The van der Waals surface area contributed by atoms with Crippen molar-refractivity contribution in [3.05, 3.63) is 29.6 Å². The van der Waals surface area contributed by atoms with Crippen LogP contribution in [0.3, 0.4) is 0 Å². The lowest BCUT2D eigenvalue weighted by Crippen LogP contribution is -2.16. The van der Waals surface area contributed by atoms with Gasteiger partial charge in [-0.25, -0.2) is 4.39 Å².